The van der Waals surface area contributed by atoms with Gasteiger partial charge in [-0.15, -0.1) is 0 Å². The number of hydrogen-bond acceptors (Lipinski definition) is 6. The summed E-state index contributed by atoms with van der Waals surface area (Å²) in [4.78, 5) is 19.9. The minimum absolute atomic E-state index is 0.0832. The van der Waals surface area contributed by atoms with Gasteiger partial charge in [0.25, 0.3) is 0 Å². The van der Waals surface area contributed by atoms with Crippen molar-refractivity contribution in [1.29, 1.82) is 0 Å². The van der Waals surface area contributed by atoms with Gasteiger partial charge in [-0.05, 0) is 31.0 Å². The van der Waals surface area contributed by atoms with Crippen LogP contribution in [0, 0.1) is 0 Å². The van der Waals surface area contributed by atoms with Crippen molar-refractivity contribution in [2.45, 2.75) is 24.8 Å². The molecule has 5 rings (SSSR count). The van der Waals surface area contributed by atoms with Crippen LogP contribution in [0.4, 0.5) is 5.69 Å². The zero-order valence-electron chi connectivity index (χ0n) is 15.8. The number of rotatable bonds is 5. The second kappa shape index (κ2) is 7.03. The van der Waals surface area contributed by atoms with Crippen molar-refractivity contribution >= 4 is 22.7 Å². The molecule has 146 valence electrons. The molecule has 1 amide bonds. The Hall–Kier alpha value is -2.71. The third kappa shape index (κ3) is 3.41. The van der Waals surface area contributed by atoms with Crippen LogP contribution in [0.1, 0.15) is 36.3 Å². The largest absolute Gasteiger partial charge is 0.440 e. The van der Waals surface area contributed by atoms with E-state index in [2.05, 4.69) is 20.3 Å². The van der Waals surface area contributed by atoms with Crippen molar-refractivity contribution in [2.75, 3.05) is 31.6 Å². The SMILES string of the molecule is Cn1cc(C(C(=O)Nc2ccc3oc(C4CC4)nc3c2)N2CCOCC2)cn1. The predicted molar refractivity (Wildman–Crippen MR) is 103 cm³/mol. The van der Waals surface area contributed by atoms with Gasteiger partial charge in [-0.25, -0.2) is 4.98 Å². The van der Waals surface area contributed by atoms with E-state index < -0.39 is 6.04 Å². The molecular weight excluding hydrogens is 358 g/mol. The van der Waals surface area contributed by atoms with Crippen LogP contribution in [0.3, 0.4) is 0 Å². The lowest BCUT2D eigenvalue weighted by Gasteiger charge is -2.33. The molecular formula is C20H23N5O3. The summed E-state index contributed by atoms with van der Waals surface area (Å²) in [5, 5.41) is 7.30. The number of ether oxygens (including phenoxy) is 1. The third-order valence-corrected chi connectivity index (χ3v) is 5.30. The Kier molecular flexibility index (Phi) is 4.37. The smallest absolute Gasteiger partial charge is 0.246 e. The number of carbonyl (C=O) groups excluding carboxylic acids is 1. The fourth-order valence-electron chi connectivity index (χ4n) is 3.68. The fraction of sp³-hybridized carbons (Fsp3) is 0.450. The highest BCUT2D eigenvalue weighted by Gasteiger charge is 2.31. The van der Waals surface area contributed by atoms with E-state index in [0.29, 0.717) is 32.2 Å². The molecule has 8 nitrogen and oxygen atoms in total. The number of carbonyl (C=O) groups is 1. The van der Waals surface area contributed by atoms with Crippen molar-refractivity contribution in [3.63, 3.8) is 0 Å². The number of aryl methyl sites for hydroxylation is 1. The topological polar surface area (TPSA) is 85.4 Å². The Bertz CT molecular complexity index is 1000. The maximum absolute atomic E-state index is 13.2. The number of morpholine rings is 1. The van der Waals surface area contributed by atoms with E-state index in [9.17, 15) is 4.79 Å². The molecule has 1 N–H and O–H groups in total. The molecule has 1 aromatic carbocycles. The van der Waals surface area contributed by atoms with Gasteiger partial charge in [0.2, 0.25) is 5.91 Å². The lowest BCUT2D eigenvalue weighted by molar-refractivity contribution is -0.123. The van der Waals surface area contributed by atoms with Crippen molar-refractivity contribution in [2.24, 2.45) is 7.05 Å². The van der Waals surface area contributed by atoms with Gasteiger partial charge < -0.3 is 14.5 Å². The number of hydrogen-bond donors (Lipinski definition) is 1. The average Bonchev–Trinajstić information content (AvgIpc) is 3.33. The highest BCUT2D eigenvalue weighted by molar-refractivity contribution is 5.96. The van der Waals surface area contributed by atoms with Crippen molar-refractivity contribution < 1.29 is 13.9 Å². The molecule has 28 heavy (non-hydrogen) atoms. The van der Waals surface area contributed by atoms with E-state index in [0.717, 1.165) is 41.1 Å². The zero-order valence-corrected chi connectivity index (χ0v) is 15.8. The van der Waals surface area contributed by atoms with Gasteiger partial charge in [0, 0.05) is 43.5 Å². The standard InChI is InChI=1S/C20H23N5O3/c1-24-12-14(11-21-24)18(25-6-8-27-9-7-25)19(26)22-15-4-5-17-16(10-15)23-20(28-17)13-2-3-13/h4-5,10-13,18H,2-3,6-9H2,1H3,(H,22,26). The molecule has 1 saturated carbocycles. The molecule has 1 atom stereocenters. The second-order valence-electron chi connectivity index (χ2n) is 7.50. The Balaban J connectivity index is 1.39. The molecule has 2 aliphatic rings. The number of aromatic nitrogens is 3. The average molecular weight is 381 g/mol. The number of anilines is 1. The first-order valence-electron chi connectivity index (χ1n) is 9.69. The van der Waals surface area contributed by atoms with E-state index in [1.54, 1.807) is 10.9 Å². The zero-order chi connectivity index (χ0) is 19.1. The van der Waals surface area contributed by atoms with Gasteiger partial charge in [0.1, 0.15) is 11.6 Å². The molecule has 8 heteroatoms. The summed E-state index contributed by atoms with van der Waals surface area (Å²) >= 11 is 0. The minimum atomic E-state index is -0.410. The highest BCUT2D eigenvalue weighted by Crippen LogP contribution is 2.40. The van der Waals surface area contributed by atoms with Crippen LogP contribution in [-0.2, 0) is 16.6 Å². The molecule has 2 aromatic heterocycles. The Morgan fingerprint density at radius 3 is 2.82 bits per heavy atom. The summed E-state index contributed by atoms with van der Waals surface area (Å²) in [5.74, 6) is 1.18. The molecule has 3 aromatic rings. The molecule has 1 unspecified atom stereocenters. The Labute approximate surface area is 162 Å². The summed E-state index contributed by atoms with van der Waals surface area (Å²) in [6, 6.07) is 5.20. The molecule has 0 bridgehead atoms. The molecule has 1 aliphatic heterocycles. The van der Waals surface area contributed by atoms with Gasteiger partial charge in [-0.2, -0.15) is 5.10 Å². The lowest BCUT2D eigenvalue weighted by atomic mass is 10.1. The van der Waals surface area contributed by atoms with Crippen LogP contribution >= 0.6 is 0 Å². The van der Waals surface area contributed by atoms with Crippen LogP contribution < -0.4 is 5.32 Å². The third-order valence-electron chi connectivity index (χ3n) is 5.30. The summed E-state index contributed by atoms with van der Waals surface area (Å²) in [5.41, 5.74) is 3.14. The van der Waals surface area contributed by atoms with E-state index in [1.165, 1.54) is 0 Å². The summed E-state index contributed by atoms with van der Waals surface area (Å²) in [6.45, 7) is 2.66. The second-order valence-corrected chi connectivity index (χ2v) is 7.50. The maximum atomic E-state index is 13.2. The molecule has 2 fully saturated rings. The lowest BCUT2D eigenvalue weighted by Crippen LogP contribution is -2.43. The van der Waals surface area contributed by atoms with E-state index >= 15 is 0 Å². The first kappa shape index (κ1) is 17.4. The summed E-state index contributed by atoms with van der Waals surface area (Å²) in [7, 11) is 1.85. The Morgan fingerprint density at radius 1 is 1.29 bits per heavy atom. The van der Waals surface area contributed by atoms with Crippen LogP contribution in [0.15, 0.2) is 35.0 Å². The van der Waals surface area contributed by atoms with Crippen molar-refractivity contribution in [3.05, 3.63) is 42.0 Å². The van der Waals surface area contributed by atoms with E-state index in [-0.39, 0.29) is 5.91 Å². The van der Waals surface area contributed by atoms with E-state index in [4.69, 9.17) is 9.15 Å². The number of nitrogens with one attached hydrogen (secondary N) is 1. The van der Waals surface area contributed by atoms with Gasteiger partial charge in [0.05, 0.1) is 19.4 Å². The first-order chi connectivity index (χ1) is 13.7. The molecule has 1 aliphatic carbocycles. The highest BCUT2D eigenvalue weighted by atomic mass is 16.5. The molecule has 3 heterocycles. The summed E-state index contributed by atoms with van der Waals surface area (Å²) < 4.78 is 13.0. The minimum Gasteiger partial charge on any atom is -0.440 e. The number of nitrogens with zero attached hydrogens (tertiary/aromatic N) is 4. The molecule has 0 radical (unpaired) electrons. The first-order valence-corrected chi connectivity index (χ1v) is 9.69. The maximum Gasteiger partial charge on any atom is 0.246 e. The summed E-state index contributed by atoms with van der Waals surface area (Å²) in [6.07, 6.45) is 5.93. The molecule has 0 spiro atoms. The van der Waals surface area contributed by atoms with Gasteiger partial charge in [-0.1, -0.05) is 0 Å². The van der Waals surface area contributed by atoms with Gasteiger partial charge in [0.15, 0.2) is 11.5 Å². The van der Waals surface area contributed by atoms with Crippen LogP contribution in [0.25, 0.3) is 11.1 Å². The number of benzene rings is 1. The van der Waals surface area contributed by atoms with Crippen molar-refractivity contribution in [1.82, 2.24) is 19.7 Å². The normalized spacial score (nSPS) is 19.0. The monoisotopic (exact) mass is 381 g/mol. The van der Waals surface area contributed by atoms with Crippen LogP contribution in [0.2, 0.25) is 0 Å². The number of oxazole rings is 1. The predicted octanol–water partition coefficient (Wildman–Crippen LogP) is 2.45. The fourth-order valence-corrected chi connectivity index (χ4v) is 3.68. The molecule has 1 saturated heterocycles. The van der Waals surface area contributed by atoms with Crippen molar-refractivity contribution in [3.8, 4) is 0 Å². The van der Waals surface area contributed by atoms with Gasteiger partial charge >= 0.3 is 0 Å². The van der Waals surface area contributed by atoms with Crippen LogP contribution in [0.5, 0.6) is 0 Å². The van der Waals surface area contributed by atoms with Crippen LogP contribution in [-0.4, -0.2) is 51.9 Å². The Morgan fingerprint density at radius 2 is 2.11 bits per heavy atom. The number of fused-ring (bicyclic) bond motifs is 1. The quantitative estimate of drug-likeness (QED) is 0.731. The number of amides is 1. The van der Waals surface area contributed by atoms with E-state index in [1.807, 2.05) is 31.4 Å². The van der Waals surface area contributed by atoms with Gasteiger partial charge in [-0.3, -0.25) is 14.4 Å².